The molecule has 2 fully saturated rings. The van der Waals surface area contributed by atoms with E-state index in [2.05, 4.69) is 36.4 Å². The molecule has 0 atom stereocenters. The van der Waals surface area contributed by atoms with Crippen LogP contribution in [-0.4, -0.2) is 71.9 Å². The van der Waals surface area contributed by atoms with Crippen LogP contribution >= 0.6 is 23.4 Å². The molecule has 2 amide bonds. The van der Waals surface area contributed by atoms with E-state index >= 15 is 0 Å². The van der Waals surface area contributed by atoms with Crippen molar-refractivity contribution in [2.45, 2.75) is 56.5 Å². The summed E-state index contributed by atoms with van der Waals surface area (Å²) in [4.78, 5) is 28.9. The molecule has 2 aliphatic rings. The Morgan fingerprint density at radius 3 is 2.37 bits per heavy atom. The summed E-state index contributed by atoms with van der Waals surface area (Å²) in [5.74, 6) is 2.13. The zero-order valence-corrected chi connectivity index (χ0v) is 19.7. The number of hydrogen-bond acceptors (Lipinski definition) is 4. The summed E-state index contributed by atoms with van der Waals surface area (Å²) in [6, 6.07) is 8.34. The molecule has 30 heavy (non-hydrogen) atoms. The summed E-state index contributed by atoms with van der Waals surface area (Å²) in [6.45, 7) is 1.63. The van der Waals surface area contributed by atoms with Gasteiger partial charge in [0, 0.05) is 54.0 Å². The molecule has 0 radical (unpaired) electrons. The minimum Gasteiger partial charge on any atom is -0.353 e. The zero-order chi connectivity index (χ0) is 21.6. The molecule has 1 aliphatic heterocycles. The normalized spacial score (nSPS) is 24.7. The van der Waals surface area contributed by atoms with Crippen molar-refractivity contribution in [2.75, 3.05) is 38.7 Å². The highest BCUT2D eigenvalue weighted by molar-refractivity contribution is 7.99. The fourth-order valence-electron chi connectivity index (χ4n) is 4.55. The number of nitrogens with one attached hydrogen (secondary N) is 1. The number of benzene rings is 1. The highest BCUT2D eigenvalue weighted by Gasteiger charge is 2.37. The molecule has 166 valence electrons. The topological polar surface area (TPSA) is 52.7 Å². The summed E-state index contributed by atoms with van der Waals surface area (Å²) in [5.41, 5.74) is 1.40. The van der Waals surface area contributed by atoms with Crippen molar-refractivity contribution in [3.05, 3.63) is 34.9 Å². The van der Waals surface area contributed by atoms with E-state index in [4.69, 9.17) is 11.6 Å². The van der Waals surface area contributed by atoms with E-state index < -0.39 is 0 Å². The van der Waals surface area contributed by atoms with Crippen LogP contribution in [0.2, 0.25) is 5.02 Å². The van der Waals surface area contributed by atoms with Gasteiger partial charge in [0.05, 0.1) is 0 Å². The lowest BCUT2D eigenvalue weighted by Crippen LogP contribution is -2.52. The fraction of sp³-hybridized carbons (Fsp3) is 0.652. The number of carbonyl (C=O) groups is 2. The molecular formula is C23H34ClN3O2S. The van der Waals surface area contributed by atoms with Crippen LogP contribution in [0, 0.1) is 0 Å². The maximum atomic E-state index is 12.4. The van der Waals surface area contributed by atoms with E-state index in [1.807, 2.05) is 28.8 Å². The van der Waals surface area contributed by atoms with Crippen molar-refractivity contribution < 1.29 is 9.59 Å². The molecule has 7 heteroatoms. The van der Waals surface area contributed by atoms with E-state index in [0.29, 0.717) is 12.8 Å². The third kappa shape index (κ3) is 6.38. The van der Waals surface area contributed by atoms with E-state index in [-0.39, 0.29) is 23.4 Å². The van der Waals surface area contributed by atoms with Crippen LogP contribution < -0.4 is 5.32 Å². The average molecular weight is 452 g/mol. The number of rotatable bonds is 7. The molecule has 0 spiro atoms. The van der Waals surface area contributed by atoms with Gasteiger partial charge in [-0.3, -0.25) is 9.59 Å². The van der Waals surface area contributed by atoms with Gasteiger partial charge in [0.25, 0.3) is 0 Å². The van der Waals surface area contributed by atoms with Gasteiger partial charge in [-0.2, -0.15) is 11.8 Å². The minimum absolute atomic E-state index is 0.00906. The molecule has 0 bridgehead atoms. The zero-order valence-electron chi connectivity index (χ0n) is 18.2. The SMILES string of the molecule is CN(C)C1(Cc2ccc(Cl)cc2)CCC(NC(=O)CCC(=O)N2CCSCC2)CC1. The Hall–Kier alpha value is -1.24. The van der Waals surface area contributed by atoms with Crippen molar-refractivity contribution in [2.24, 2.45) is 0 Å². The Balaban J connectivity index is 1.45. The lowest BCUT2D eigenvalue weighted by atomic mass is 9.75. The molecule has 3 rings (SSSR count). The Kier molecular flexibility index (Phi) is 8.49. The van der Waals surface area contributed by atoms with Gasteiger partial charge in [0.1, 0.15) is 0 Å². The maximum Gasteiger partial charge on any atom is 0.223 e. The molecule has 1 aromatic rings. The first-order valence-electron chi connectivity index (χ1n) is 10.9. The van der Waals surface area contributed by atoms with Gasteiger partial charge in [-0.15, -0.1) is 0 Å². The predicted molar refractivity (Wildman–Crippen MR) is 125 cm³/mol. The molecule has 1 saturated carbocycles. The number of hydrogen-bond donors (Lipinski definition) is 1. The number of amides is 2. The number of carbonyl (C=O) groups excluding carboxylic acids is 2. The molecule has 0 unspecified atom stereocenters. The predicted octanol–water partition coefficient (Wildman–Crippen LogP) is 3.60. The summed E-state index contributed by atoms with van der Waals surface area (Å²) in [5, 5.41) is 3.94. The van der Waals surface area contributed by atoms with Crippen LogP contribution in [0.15, 0.2) is 24.3 Å². The molecule has 1 aliphatic carbocycles. The van der Waals surface area contributed by atoms with Crippen molar-refractivity contribution >= 4 is 35.2 Å². The van der Waals surface area contributed by atoms with Crippen molar-refractivity contribution in [3.63, 3.8) is 0 Å². The quantitative estimate of drug-likeness (QED) is 0.688. The van der Waals surface area contributed by atoms with Crippen LogP contribution in [0.3, 0.4) is 0 Å². The van der Waals surface area contributed by atoms with Gasteiger partial charge in [0.15, 0.2) is 0 Å². The average Bonchev–Trinajstić information content (AvgIpc) is 2.75. The van der Waals surface area contributed by atoms with Crippen molar-refractivity contribution in [1.82, 2.24) is 15.1 Å². The number of nitrogens with zero attached hydrogens (tertiary/aromatic N) is 2. The molecule has 5 nitrogen and oxygen atoms in total. The molecule has 0 aromatic heterocycles. The first kappa shape index (κ1) is 23.4. The van der Waals surface area contributed by atoms with Crippen LogP contribution in [0.5, 0.6) is 0 Å². The van der Waals surface area contributed by atoms with Crippen molar-refractivity contribution in [3.8, 4) is 0 Å². The van der Waals surface area contributed by atoms with Gasteiger partial charge in [-0.05, 0) is 63.9 Å². The Labute approximate surface area is 189 Å². The van der Waals surface area contributed by atoms with Gasteiger partial charge < -0.3 is 15.1 Å². The van der Waals surface area contributed by atoms with Crippen LogP contribution in [0.25, 0.3) is 0 Å². The first-order valence-corrected chi connectivity index (χ1v) is 12.5. The molecule has 1 saturated heterocycles. The van der Waals surface area contributed by atoms with Gasteiger partial charge in [0.2, 0.25) is 11.8 Å². The van der Waals surface area contributed by atoms with E-state index in [0.717, 1.165) is 61.7 Å². The smallest absolute Gasteiger partial charge is 0.223 e. The number of thioether (sulfide) groups is 1. The largest absolute Gasteiger partial charge is 0.353 e. The lowest BCUT2D eigenvalue weighted by Gasteiger charge is -2.45. The maximum absolute atomic E-state index is 12.4. The van der Waals surface area contributed by atoms with Gasteiger partial charge in [-0.1, -0.05) is 23.7 Å². The molecule has 1 heterocycles. The lowest BCUT2D eigenvalue weighted by molar-refractivity contribution is -0.133. The summed E-state index contributed by atoms with van der Waals surface area (Å²) < 4.78 is 0. The van der Waals surface area contributed by atoms with Gasteiger partial charge in [-0.25, -0.2) is 0 Å². The molecule has 1 N–H and O–H groups in total. The molecular weight excluding hydrogens is 418 g/mol. The summed E-state index contributed by atoms with van der Waals surface area (Å²) >= 11 is 7.92. The number of halogens is 1. The fourth-order valence-corrected chi connectivity index (χ4v) is 5.58. The third-order valence-electron chi connectivity index (χ3n) is 6.61. The molecule has 1 aromatic carbocycles. The second-order valence-electron chi connectivity index (χ2n) is 8.76. The Morgan fingerprint density at radius 1 is 1.13 bits per heavy atom. The highest BCUT2D eigenvalue weighted by atomic mass is 35.5. The van der Waals surface area contributed by atoms with Crippen LogP contribution in [0.1, 0.15) is 44.1 Å². The highest BCUT2D eigenvalue weighted by Crippen LogP contribution is 2.35. The van der Waals surface area contributed by atoms with E-state index in [1.54, 1.807) is 0 Å². The van der Waals surface area contributed by atoms with Crippen LogP contribution in [-0.2, 0) is 16.0 Å². The second-order valence-corrected chi connectivity index (χ2v) is 10.4. The first-order chi connectivity index (χ1) is 14.4. The van der Waals surface area contributed by atoms with E-state index in [9.17, 15) is 9.59 Å². The monoisotopic (exact) mass is 451 g/mol. The second kappa shape index (κ2) is 10.9. The van der Waals surface area contributed by atoms with E-state index in [1.165, 1.54) is 5.56 Å². The van der Waals surface area contributed by atoms with Crippen LogP contribution in [0.4, 0.5) is 0 Å². The summed E-state index contributed by atoms with van der Waals surface area (Å²) in [6.07, 6.45) is 5.62. The summed E-state index contributed by atoms with van der Waals surface area (Å²) in [7, 11) is 4.30. The Bertz CT molecular complexity index is 712. The van der Waals surface area contributed by atoms with Crippen molar-refractivity contribution in [1.29, 1.82) is 0 Å². The minimum atomic E-state index is 0.00906. The van der Waals surface area contributed by atoms with Gasteiger partial charge >= 0.3 is 0 Å². The standard InChI is InChI=1S/C23H34ClN3O2S/c1-26(2)23(17-18-3-5-19(24)6-4-18)11-9-20(10-12-23)25-21(28)7-8-22(29)27-13-15-30-16-14-27/h3-6,20H,7-17H2,1-2H3,(H,25,28). The Morgan fingerprint density at radius 2 is 1.77 bits per heavy atom. The third-order valence-corrected chi connectivity index (χ3v) is 7.80. The number of likely N-dealkylation sites (N-methyl/N-ethyl adjacent to an activating group) is 1.